The lowest BCUT2D eigenvalue weighted by molar-refractivity contribution is 0.102. The molecule has 0 aromatic heterocycles. The van der Waals surface area contributed by atoms with Crippen LogP contribution in [0, 0.1) is 6.92 Å². The molecule has 0 aliphatic heterocycles. The van der Waals surface area contributed by atoms with Crippen molar-refractivity contribution in [1.29, 1.82) is 0 Å². The zero-order chi connectivity index (χ0) is 14.0. The molecular weight excluding hydrogens is 283 g/mol. The normalized spacial score (nSPS) is 10.3. The summed E-state index contributed by atoms with van der Waals surface area (Å²) in [5.41, 5.74) is 8.27. The van der Waals surface area contributed by atoms with Gasteiger partial charge >= 0.3 is 0 Å². The summed E-state index contributed by atoms with van der Waals surface area (Å²) in [5.74, 6) is -0.296. The molecule has 0 aliphatic carbocycles. The molecule has 0 fully saturated rings. The summed E-state index contributed by atoms with van der Waals surface area (Å²) in [7, 11) is 0. The van der Waals surface area contributed by atoms with Gasteiger partial charge in [0.15, 0.2) is 0 Å². The molecule has 0 spiro atoms. The molecule has 19 heavy (non-hydrogen) atoms. The number of nitrogens with one attached hydrogen (secondary N) is 1. The fraction of sp³-hybridized carbons (Fsp3) is 0.0714. The van der Waals surface area contributed by atoms with Crippen LogP contribution in [0.4, 0.5) is 11.4 Å². The number of halogens is 2. The van der Waals surface area contributed by atoms with Crippen LogP contribution in [-0.4, -0.2) is 5.91 Å². The van der Waals surface area contributed by atoms with Gasteiger partial charge in [0.25, 0.3) is 5.91 Å². The van der Waals surface area contributed by atoms with Crippen molar-refractivity contribution in [3.63, 3.8) is 0 Å². The van der Waals surface area contributed by atoms with E-state index in [-0.39, 0.29) is 5.91 Å². The molecule has 0 saturated carbocycles. The van der Waals surface area contributed by atoms with Gasteiger partial charge in [0.05, 0.1) is 10.6 Å². The van der Waals surface area contributed by atoms with Crippen molar-refractivity contribution < 1.29 is 4.79 Å². The lowest BCUT2D eigenvalue weighted by atomic mass is 10.1. The molecule has 98 valence electrons. The first kappa shape index (κ1) is 13.7. The minimum atomic E-state index is -0.296. The lowest BCUT2D eigenvalue weighted by Crippen LogP contribution is -2.13. The lowest BCUT2D eigenvalue weighted by Gasteiger charge is -2.11. The molecule has 5 heteroatoms. The number of carbonyl (C=O) groups is 1. The first-order chi connectivity index (χ1) is 8.99. The third-order valence-corrected chi connectivity index (χ3v) is 3.35. The van der Waals surface area contributed by atoms with Crippen molar-refractivity contribution in [3.8, 4) is 0 Å². The van der Waals surface area contributed by atoms with Gasteiger partial charge in [-0.25, -0.2) is 0 Å². The van der Waals surface area contributed by atoms with Gasteiger partial charge in [-0.2, -0.15) is 0 Å². The van der Waals surface area contributed by atoms with Crippen molar-refractivity contribution in [2.24, 2.45) is 0 Å². The minimum absolute atomic E-state index is 0.296. The molecule has 0 radical (unpaired) electrons. The Labute approximate surface area is 121 Å². The third-order valence-electron chi connectivity index (χ3n) is 2.80. The quantitative estimate of drug-likeness (QED) is 0.818. The second kappa shape index (κ2) is 5.51. The van der Waals surface area contributed by atoms with E-state index in [4.69, 9.17) is 28.9 Å². The Morgan fingerprint density at radius 3 is 2.63 bits per heavy atom. The predicted molar refractivity (Wildman–Crippen MR) is 80.0 cm³/mol. The van der Waals surface area contributed by atoms with Crippen molar-refractivity contribution in [1.82, 2.24) is 0 Å². The van der Waals surface area contributed by atoms with Crippen LogP contribution in [0.5, 0.6) is 0 Å². The van der Waals surface area contributed by atoms with E-state index in [2.05, 4.69) is 5.32 Å². The number of nitrogens with two attached hydrogens (primary N) is 1. The first-order valence-corrected chi connectivity index (χ1v) is 6.36. The van der Waals surface area contributed by atoms with E-state index in [0.717, 1.165) is 5.56 Å². The van der Waals surface area contributed by atoms with Crippen LogP contribution < -0.4 is 11.1 Å². The SMILES string of the molecule is Cc1c(N)cccc1NC(=O)c1ccc(Cl)cc1Cl. The van der Waals surface area contributed by atoms with Crippen LogP contribution in [-0.2, 0) is 0 Å². The highest BCUT2D eigenvalue weighted by Crippen LogP contribution is 2.24. The van der Waals surface area contributed by atoms with Crippen LogP contribution in [0.3, 0.4) is 0 Å². The average Bonchev–Trinajstić information content (AvgIpc) is 2.34. The van der Waals surface area contributed by atoms with E-state index in [1.165, 1.54) is 6.07 Å². The number of anilines is 2. The topological polar surface area (TPSA) is 55.1 Å². The van der Waals surface area contributed by atoms with E-state index in [1.807, 2.05) is 6.92 Å². The summed E-state index contributed by atoms with van der Waals surface area (Å²) in [5, 5.41) is 3.58. The van der Waals surface area contributed by atoms with Gasteiger partial charge in [-0.15, -0.1) is 0 Å². The molecule has 0 unspecified atom stereocenters. The maximum Gasteiger partial charge on any atom is 0.257 e. The Bertz CT molecular complexity index is 641. The number of hydrogen-bond donors (Lipinski definition) is 2. The van der Waals surface area contributed by atoms with Gasteiger partial charge in [0.1, 0.15) is 0 Å². The fourth-order valence-electron chi connectivity index (χ4n) is 1.65. The molecule has 2 aromatic carbocycles. The Hall–Kier alpha value is -1.71. The van der Waals surface area contributed by atoms with Crippen molar-refractivity contribution in [2.75, 3.05) is 11.1 Å². The average molecular weight is 295 g/mol. The van der Waals surface area contributed by atoms with Crippen LogP contribution >= 0.6 is 23.2 Å². The largest absolute Gasteiger partial charge is 0.398 e. The Morgan fingerprint density at radius 2 is 1.95 bits per heavy atom. The Balaban J connectivity index is 2.28. The highest BCUT2D eigenvalue weighted by atomic mass is 35.5. The van der Waals surface area contributed by atoms with Crippen LogP contribution in [0.15, 0.2) is 36.4 Å². The molecule has 2 aromatic rings. The molecule has 0 atom stereocenters. The minimum Gasteiger partial charge on any atom is -0.398 e. The second-order valence-corrected chi connectivity index (χ2v) is 4.94. The predicted octanol–water partition coefficient (Wildman–Crippen LogP) is 4.14. The van der Waals surface area contributed by atoms with Gasteiger partial charge in [-0.3, -0.25) is 4.79 Å². The monoisotopic (exact) mass is 294 g/mol. The van der Waals surface area contributed by atoms with Gasteiger partial charge in [-0.05, 0) is 42.8 Å². The van der Waals surface area contributed by atoms with E-state index in [0.29, 0.717) is 27.0 Å². The maximum absolute atomic E-state index is 12.1. The molecule has 0 heterocycles. The van der Waals surface area contributed by atoms with Gasteiger partial charge in [0, 0.05) is 16.4 Å². The van der Waals surface area contributed by atoms with E-state index in [9.17, 15) is 4.79 Å². The smallest absolute Gasteiger partial charge is 0.257 e. The van der Waals surface area contributed by atoms with Crippen molar-refractivity contribution in [2.45, 2.75) is 6.92 Å². The summed E-state index contributed by atoms with van der Waals surface area (Å²) >= 11 is 11.8. The fourth-order valence-corrected chi connectivity index (χ4v) is 2.15. The number of hydrogen-bond acceptors (Lipinski definition) is 2. The maximum atomic E-state index is 12.1. The van der Waals surface area contributed by atoms with Gasteiger partial charge < -0.3 is 11.1 Å². The standard InChI is InChI=1S/C14H12Cl2N2O/c1-8-12(17)3-2-4-13(8)18-14(19)10-6-5-9(15)7-11(10)16/h2-7H,17H2,1H3,(H,18,19). The van der Waals surface area contributed by atoms with E-state index in [1.54, 1.807) is 30.3 Å². The molecule has 0 aliphatic rings. The zero-order valence-electron chi connectivity index (χ0n) is 10.2. The Morgan fingerprint density at radius 1 is 1.21 bits per heavy atom. The molecular formula is C14H12Cl2N2O. The first-order valence-electron chi connectivity index (χ1n) is 5.60. The number of amides is 1. The van der Waals surface area contributed by atoms with Gasteiger partial charge in [0.2, 0.25) is 0 Å². The van der Waals surface area contributed by atoms with Crippen LogP contribution in [0.2, 0.25) is 10.0 Å². The molecule has 1 amide bonds. The summed E-state index contributed by atoms with van der Waals surface area (Å²) < 4.78 is 0. The van der Waals surface area contributed by atoms with E-state index >= 15 is 0 Å². The second-order valence-electron chi connectivity index (χ2n) is 4.10. The molecule has 3 nitrogen and oxygen atoms in total. The highest BCUT2D eigenvalue weighted by Gasteiger charge is 2.12. The van der Waals surface area contributed by atoms with Gasteiger partial charge in [-0.1, -0.05) is 29.3 Å². The number of carbonyl (C=O) groups excluding carboxylic acids is 1. The summed E-state index contributed by atoms with van der Waals surface area (Å²) in [4.78, 5) is 12.1. The van der Waals surface area contributed by atoms with Crippen LogP contribution in [0.1, 0.15) is 15.9 Å². The molecule has 3 N–H and O–H groups in total. The summed E-state index contributed by atoms with van der Waals surface area (Å²) in [6.07, 6.45) is 0. The van der Waals surface area contributed by atoms with Crippen LogP contribution in [0.25, 0.3) is 0 Å². The van der Waals surface area contributed by atoms with Crippen molar-refractivity contribution >= 4 is 40.5 Å². The highest BCUT2D eigenvalue weighted by molar-refractivity contribution is 6.37. The van der Waals surface area contributed by atoms with Crippen molar-refractivity contribution in [3.05, 3.63) is 57.6 Å². The number of benzene rings is 2. The third kappa shape index (κ3) is 3.00. The number of rotatable bonds is 2. The number of nitrogen functional groups attached to an aromatic ring is 1. The summed E-state index contributed by atoms with van der Waals surface area (Å²) in [6, 6.07) is 10.1. The van der Waals surface area contributed by atoms with E-state index < -0.39 is 0 Å². The molecule has 2 rings (SSSR count). The zero-order valence-corrected chi connectivity index (χ0v) is 11.7. The molecule has 0 bridgehead atoms. The molecule has 0 saturated heterocycles. The Kier molecular flexibility index (Phi) is 3.98. The summed E-state index contributed by atoms with van der Waals surface area (Å²) in [6.45, 7) is 1.84.